The minimum Gasteiger partial charge on any atom is -0.506 e. The molecule has 3 aromatic rings. The van der Waals surface area contributed by atoms with Gasteiger partial charge in [-0.3, -0.25) is 4.79 Å². The first-order valence-corrected chi connectivity index (χ1v) is 7.99. The summed E-state index contributed by atoms with van der Waals surface area (Å²) in [5.41, 5.74) is 1.61. The normalized spacial score (nSPS) is 11.3. The number of benzene rings is 2. The second-order valence-corrected chi connectivity index (χ2v) is 6.23. The number of rotatable bonds is 3. The van der Waals surface area contributed by atoms with Crippen molar-refractivity contribution in [3.05, 3.63) is 80.2 Å². The SMILES string of the molecule is Cc1cc2oc(=O)c(C(=O)/C=C/c3ccc(Cl)cc3)c(O)c2cc1C. The predicted octanol–water partition coefficient (Wildman–Crippen LogP) is 4.66. The van der Waals surface area contributed by atoms with Gasteiger partial charge < -0.3 is 9.52 Å². The number of ketones is 1. The van der Waals surface area contributed by atoms with Crippen molar-refractivity contribution in [3.8, 4) is 5.75 Å². The third-order valence-corrected chi connectivity index (χ3v) is 4.29. The molecule has 0 amide bonds. The van der Waals surface area contributed by atoms with E-state index in [1.807, 2.05) is 13.8 Å². The van der Waals surface area contributed by atoms with Crippen LogP contribution in [0.3, 0.4) is 0 Å². The first-order chi connectivity index (χ1) is 11.9. The zero-order chi connectivity index (χ0) is 18.1. The Morgan fingerprint density at radius 1 is 1.12 bits per heavy atom. The summed E-state index contributed by atoms with van der Waals surface area (Å²) >= 11 is 5.81. The summed E-state index contributed by atoms with van der Waals surface area (Å²) in [6.07, 6.45) is 2.77. The average molecular weight is 355 g/mol. The third-order valence-electron chi connectivity index (χ3n) is 4.04. The van der Waals surface area contributed by atoms with Crippen molar-refractivity contribution in [2.45, 2.75) is 13.8 Å². The van der Waals surface area contributed by atoms with Crippen LogP contribution in [0.4, 0.5) is 0 Å². The molecule has 0 aliphatic heterocycles. The van der Waals surface area contributed by atoms with Gasteiger partial charge in [0.15, 0.2) is 5.78 Å². The molecule has 1 heterocycles. The number of allylic oxidation sites excluding steroid dienone is 1. The summed E-state index contributed by atoms with van der Waals surface area (Å²) in [5.74, 6) is -0.985. The van der Waals surface area contributed by atoms with Crippen LogP contribution in [-0.2, 0) is 0 Å². The highest BCUT2D eigenvalue weighted by molar-refractivity contribution is 6.30. The van der Waals surface area contributed by atoms with E-state index in [1.165, 1.54) is 6.08 Å². The van der Waals surface area contributed by atoms with Crippen LogP contribution >= 0.6 is 11.6 Å². The molecule has 2 aromatic carbocycles. The Labute approximate surface area is 149 Å². The molecule has 0 saturated heterocycles. The van der Waals surface area contributed by atoms with Crippen molar-refractivity contribution < 1.29 is 14.3 Å². The number of halogens is 1. The molecule has 3 rings (SSSR count). The smallest absolute Gasteiger partial charge is 0.351 e. The molecule has 126 valence electrons. The van der Waals surface area contributed by atoms with Crippen LogP contribution in [0.15, 0.2) is 51.7 Å². The summed E-state index contributed by atoms with van der Waals surface area (Å²) in [7, 11) is 0. The van der Waals surface area contributed by atoms with E-state index in [2.05, 4.69) is 0 Å². The molecule has 1 aromatic heterocycles. The van der Waals surface area contributed by atoms with E-state index >= 15 is 0 Å². The number of carbonyl (C=O) groups is 1. The zero-order valence-corrected chi connectivity index (χ0v) is 14.4. The van der Waals surface area contributed by atoms with Crippen LogP contribution in [-0.4, -0.2) is 10.9 Å². The van der Waals surface area contributed by atoms with Crippen LogP contribution in [0.5, 0.6) is 5.75 Å². The van der Waals surface area contributed by atoms with Gasteiger partial charge in [0.05, 0.1) is 5.39 Å². The first kappa shape index (κ1) is 17.0. The Hall–Kier alpha value is -2.85. The van der Waals surface area contributed by atoms with Crippen molar-refractivity contribution in [2.24, 2.45) is 0 Å². The number of aryl methyl sites for hydroxylation is 2. The number of hydrogen-bond acceptors (Lipinski definition) is 4. The van der Waals surface area contributed by atoms with Gasteiger partial charge in [-0.15, -0.1) is 0 Å². The Balaban J connectivity index is 2.05. The van der Waals surface area contributed by atoms with E-state index < -0.39 is 11.4 Å². The molecule has 25 heavy (non-hydrogen) atoms. The van der Waals surface area contributed by atoms with Crippen LogP contribution in [0.25, 0.3) is 17.0 Å². The van der Waals surface area contributed by atoms with Crippen LogP contribution < -0.4 is 5.63 Å². The maximum Gasteiger partial charge on any atom is 0.351 e. The van der Waals surface area contributed by atoms with Gasteiger partial charge in [0.25, 0.3) is 0 Å². The molecular formula is C20H15ClO4. The summed E-state index contributed by atoms with van der Waals surface area (Å²) in [4.78, 5) is 24.5. The van der Waals surface area contributed by atoms with Crippen LogP contribution in [0.1, 0.15) is 27.0 Å². The second-order valence-electron chi connectivity index (χ2n) is 5.79. The fourth-order valence-corrected chi connectivity index (χ4v) is 2.61. The molecule has 4 nitrogen and oxygen atoms in total. The van der Waals surface area contributed by atoms with Crippen molar-refractivity contribution in [2.75, 3.05) is 0 Å². The molecule has 0 unspecified atom stereocenters. The molecule has 5 heteroatoms. The fraction of sp³-hybridized carbons (Fsp3) is 0.100. The Kier molecular flexibility index (Phi) is 4.47. The highest BCUT2D eigenvalue weighted by Crippen LogP contribution is 2.29. The minimum atomic E-state index is -0.862. The number of fused-ring (bicyclic) bond motifs is 1. The van der Waals surface area contributed by atoms with Gasteiger partial charge in [0, 0.05) is 5.02 Å². The Morgan fingerprint density at radius 2 is 1.76 bits per heavy atom. The first-order valence-electron chi connectivity index (χ1n) is 7.62. The predicted molar refractivity (Wildman–Crippen MR) is 98.4 cm³/mol. The lowest BCUT2D eigenvalue weighted by Gasteiger charge is -2.07. The van der Waals surface area contributed by atoms with Gasteiger partial charge in [-0.05, 0) is 60.9 Å². The molecular weight excluding hydrogens is 340 g/mol. The number of carbonyl (C=O) groups excluding carboxylic acids is 1. The van der Waals surface area contributed by atoms with Crippen molar-refractivity contribution in [3.63, 3.8) is 0 Å². The lowest BCUT2D eigenvalue weighted by Crippen LogP contribution is -2.13. The molecule has 0 spiro atoms. The molecule has 0 radical (unpaired) electrons. The summed E-state index contributed by atoms with van der Waals surface area (Å²) in [6.45, 7) is 3.75. The topological polar surface area (TPSA) is 67.5 Å². The quantitative estimate of drug-likeness (QED) is 0.422. The van der Waals surface area contributed by atoms with Crippen molar-refractivity contribution in [1.29, 1.82) is 0 Å². The van der Waals surface area contributed by atoms with E-state index in [4.69, 9.17) is 16.0 Å². The van der Waals surface area contributed by atoms with E-state index in [0.29, 0.717) is 10.4 Å². The monoisotopic (exact) mass is 354 g/mol. The van der Waals surface area contributed by atoms with E-state index in [9.17, 15) is 14.7 Å². The van der Waals surface area contributed by atoms with Crippen molar-refractivity contribution >= 4 is 34.4 Å². The molecule has 0 fully saturated rings. The summed E-state index contributed by atoms with van der Waals surface area (Å²) in [6, 6.07) is 10.2. The van der Waals surface area contributed by atoms with E-state index in [1.54, 1.807) is 42.5 Å². The van der Waals surface area contributed by atoms with Crippen LogP contribution in [0, 0.1) is 13.8 Å². The van der Waals surface area contributed by atoms with Gasteiger partial charge in [-0.25, -0.2) is 4.79 Å². The maximum absolute atomic E-state index is 12.4. The third kappa shape index (κ3) is 3.35. The van der Waals surface area contributed by atoms with Gasteiger partial charge in [-0.2, -0.15) is 0 Å². The highest BCUT2D eigenvalue weighted by Gasteiger charge is 2.19. The lowest BCUT2D eigenvalue weighted by molar-refractivity contribution is 0.104. The molecule has 1 N–H and O–H groups in total. The summed E-state index contributed by atoms with van der Waals surface area (Å²) in [5, 5.41) is 11.3. The molecule has 0 bridgehead atoms. The van der Waals surface area contributed by atoms with Gasteiger partial charge in [0.1, 0.15) is 16.9 Å². The van der Waals surface area contributed by atoms with E-state index in [0.717, 1.165) is 16.7 Å². The number of hydrogen-bond donors (Lipinski definition) is 1. The molecule has 0 aliphatic rings. The Morgan fingerprint density at radius 3 is 2.44 bits per heavy atom. The standard InChI is InChI=1S/C20H15ClO4/c1-11-9-15-17(10-12(11)2)25-20(24)18(19(15)23)16(22)8-5-13-3-6-14(21)7-4-13/h3-10,23H,1-2H3/b8-5+. The van der Waals surface area contributed by atoms with Gasteiger partial charge >= 0.3 is 5.63 Å². The van der Waals surface area contributed by atoms with E-state index in [-0.39, 0.29) is 16.9 Å². The molecule has 0 saturated carbocycles. The van der Waals surface area contributed by atoms with Gasteiger partial charge in [0.2, 0.25) is 0 Å². The average Bonchev–Trinajstić information content (AvgIpc) is 2.56. The van der Waals surface area contributed by atoms with Crippen molar-refractivity contribution in [1.82, 2.24) is 0 Å². The maximum atomic E-state index is 12.4. The lowest BCUT2D eigenvalue weighted by atomic mass is 10.0. The number of aromatic hydroxyl groups is 1. The zero-order valence-electron chi connectivity index (χ0n) is 13.7. The Bertz CT molecular complexity index is 1060. The fourth-order valence-electron chi connectivity index (χ4n) is 2.49. The summed E-state index contributed by atoms with van der Waals surface area (Å²) < 4.78 is 5.21. The molecule has 0 aliphatic carbocycles. The van der Waals surface area contributed by atoms with Crippen LogP contribution in [0.2, 0.25) is 5.02 Å². The second kappa shape index (κ2) is 6.57. The minimum absolute atomic E-state index is 0.254. The highest BCUT2D eigenvalue weighted by atomic mass is 35.5. The van der Waals surface area contributed by atoms with Gasteiger partial charge in [-0.1, -0.05) is 29.8 Å². The molecule has 0 atom stereocenters. The largest absolute Gasteiger partial charge is 0.506 e.